The van der Waals surface area contributed by atoms with Gasteiger partial charge in [0.25, 0.3) is 0 Å². The van der Waals surface area contributed by atoms with E-state index in [1.165, 1.54) is 0 Å². The minimum atomic E-state index is -0.296. The van der Waals surface area contributed by atoms with Crippen molar-refractivity contribution in [2.45, 2.75) is 26.4 Å². The summed E-state index contributed by atoms with van der Waals surface area (Å²) in [4.78, 5) is 11.4. The first-order valence-electron chi connectivity index (χ1n) is 4.41. The van der Waals surface area contributed by atoms with E-state index in [0.29, 0.717) is 5.56 Å². The van der Waals surface area contributed by atoms with Crippen molar-refractivity contribution in [1.29, 1.82) is 0 Å². The third-order valence-electron chi connectivity index (χ3n) is 1.81. The maximum absolute atomic E-state index is 11.4. The van der Waals surface area contributed by atoms with Crippen LogP contribution in [0, 0.1) is 6.07 Å². The van der Waals surface area contributed by atoms with Gasteiger partial charge in [0.2, 0.25) is 0 Å². The molecule has 1 unspecified atom stereocenters. The summed E-state index contributed by atoms with van der Waals surface area (Å²) in [7, 11) is 0. The Kier molecular flexibility index (Phi) is 3.50. The van der Waals surface area contributed by atoms with Gasteiger partial charge in [-0.15, -0.1) is 0 Å². The number of hydrogen-bond acceptors (Lipinski definition) is 2. The summed E-state index contributed by atoms with van der Waals surface area (Å²) in [5.74, 6) is -0.296. The van der Waals surface area contributed by atoms with E-state index in [1.54, 1.807) is 18.2 Å². The maximum atomic E-state index is 11.4. The molecule has 1 atom stereocenters. The molecule has 13 heavy (non-hydrogen) atoms. The summed E-state index contributed by atoms with van der Waals surface area (Å²) in [6.45, 7) is 3.85. The Morgan fingerprint density at radius 1 is 1.62 bits per heavy atom. The lowest BCUT2D eigenvalue weighted by atomic mass is 10.2. The van der Waals surface area contributed by atoms with E-state index < -0.39 is 0 Å². The van der Waals surface area contributed by atoms with Gasteiger partial charge in [-0.05, 0) is 25.5 Å². The smallest absolute Gasteiger partial charge is 0.339 e. The molecule has 0 aliphatic rings. The van der Waals surface area contributed by atoms with E-state index >= 15 is 0 Å². The van der Waals surface area contributed by atoms with Crippen LogP contribution in [0.25, 0.3) is 0 Å². The number of hydrogen-bond donors (Lipinski definition) is 0. The lowest BCUT2D eigenvalue weighted by molar-refractivity contribution is 0.0334. The van der Waals surface area contributed by atoms with Crippen LogP contribution in [0.3, 0.4) is 0 Å². The number of carbonyl (C=O) groups is 1. The van der Waals surface area contributed by atoms with Crippen molar-refractivity contribution in [2.24, 2.45) is 0 Å². The topological polar surface area (TPSA) is 26.3 Å². The highest BCUT2D eigenvalue weighted by atomic mass is 16.5. The highest BCUT2D eigenvalue weighted by Crippen LogP contribution is 2.04. The molecule has 0 heterocycles. The minimum absolute atomic E-state index is 0.0268. The first-order chi connectivity index (χ1) is 6.24. The predicted molar refractivity (Wildman–Crippen MR) is 50.4 cm³/mol. The van der Waals surface area contributed by atoms with E-state index in [4.69, 9.17) is 4.74 Å². The van der Waals surface area contributed by atoms with Gasteiger partial charge in [0, 0.05) is 0 Å². The number of ether oxygens (including phenoxy) is 1. The van der Waals surface area contributed by atoms with Crippen molar-refractivity contribution in [3.05, 3.63) is 35.9 Å². The summed E-state index contributed by atoms with van der Waals surface area (Å²) in [5, 5.41) is 0. The molecule has 2 heteroatoms. The molecule has 0 aliphatic carbocycles. The zero-order valence-corrected chi connectivity index (χ0v) is 7.91. The van der Waals surface area contributed by atoms with Crippen LogP contribution in [-0.4, -0.2) is 12.1 Å². The Morgan fingerprint density at radius 3 is 2.92 bits per heavy atom. The van der Waals surface area contributed by atoms with Gasteiger partial charge >= 0.3 is 5.97 Å². The van der Waals surface area contributed by atoms with Gasteiger partial charge in [-0.3, -0.25) is 0 Å². The third kappa shape index (κ3) is 2.90. The van der Waals surface area contributed by atoms with Crippen LogP contribution in [0.2, 0.25) is 0 Å². The molecule has 1 aromatic rings. The summed E-state index contributed by atoms with van der Waals surface area (Å²) < 4.78 is 5.12. The Hall–Kier alpha value is -1.31. The largest absolute Gasteiger partial charge is 0.459 e. The normalized spacial score (nSPS) is 12.2. The standard InChI is InChI=1S/C11H13O2/c1-3-9(2)13-11(12)10-7-5-4-6-8-10/h4-7,9H,3H2,1-2H3. The molecule has 0 spiro atoms. The van der Waals surface area contributed by atoms with Gasteiger partial charge in [0.05, 0.1) is 11.7 Å². The van der Waals surface area contributed by atoms with Crippen LogP contribution in [0.4, 0.5) is 0 Å². The van der Waals surface area contributed by atoms with Gasteiger partial charge in [0.1, 0.15) is 0 Å². The van der Waals surface area contributed by atoms with Crippen LogP contribution >= 0.6 is 0 Å². The average Bonchev–Trinajstić information content (AvgIpc) is 2.19. The molecular formula is C11H13O2. The van der Waals surface area contributed by atoms with Crippen molar-refractivity contribution in [2.75, 3.05) is 0 Å². The predicted octanol–water partition coefficient (Wildman–Crippen LogP) is 2.44. The Bertz CT molecular complexity index is 267. The monoisotopic (exact) mass is 177 g/mol. The molecule has 0 amide bonds. The zero-order valence-electron chi connectivity index (χ0n) is 7.91. The fourth-order valence-corrected chi connectivity index (χ4v) is 0.850. The molecule has 0 bridgehead atoms. The second-order valence-corrected chi connectivity index (χ2v) is 2.90. The Morgan fingerprint density at radius 2 is 2.38 bits per heavy atom. The van der Waals surface area contributed by atoms with E-state index in [-0.39, 0.29) is 12.1 Å². The highest BCUT2D eigenvalue weighted by Gasteiger charge is 2.09. The SMILES string of the molecule is CCC(C)OC(=O)c1[c]cccc1. The molecule has 1 aromatic carbocycles. The highest BCUT2D eigenvalue weighted by molar-refractivity contribution is 5.89. The van der Waals surface area contributed by atoms with Crippen molar-refractivity contribution in [3.63, 3.8) is 0 Å². The van der Waals surface area contributed by atoms with Crippen molar-refractivity contribution in [1.82, 2.24) is 0 Å². The second kappa shape index (κ2) is 4.65. The third-order valence-corrected chi connectivity index (χ3v) is 1.81. The quantitative estimate of drug-likeness (QED) is 0.663. The number of rotatable bonds is 3. The molecule has 69 valence electrons. The van der Waals surface area contributed by atoms with Crippen molar-refractivity contribution < 1.29 is 9.53 Å². The average molecular weight is 177 g/mol. The Balaban J connectivity index is 2.59. The molecule has 0 N–H and O–H groups in total. The van der Waals surface area contributed by atoms with Gasteiger partial charge < -0.3 is 4.74 Å². The van der Waals surface area contributed by atoms with Crippen molar-refractivity contribution in [3.8, 4) is 0 Å². The maximum Gasteiger partial charge on any atom is 0.339 e. The van der Waals surface area contributed by atoms with Gasteiger partial charge in [-0.25, -0.2) is 4.79 Å². The molecule has 1 radical (unpaired) electrons. The van der Waals surface area contributed by atoms with Gasteiger partial charge in [-0.2, -0.15) is 0 Å². The number of esters is 1. The van der Waals surface area contributed by atoms with Crippen LogP contribution in [-0.2, 0) is 4.74 Å². The first kappa shape index (κ1) is 9.78. The second-order valence-electron chi connectivity index (χ2n) is 2.90. The lowest BCUT2D eigenvalue weighted by Gasteiger charge is -2.09. The Labute approximate surface area is 78.5 Å². The lowest BCUT2D eigenvalue weighted by Crippen LogP contribution is -2.13. The summed E-state index contributed by atoms with van der Waals surface area (Å²) >= 11 is 0. The summed E-state index contributed by atoms with van der Waals surface area (Å²) in [5.41, 5.74) is 0.489. The molecule has 0 saturated carbocycles. The fourth-order valence-electron chi connectivity index (χ4n) is 0.850. The molecular weight excluding hydrogens is 164 g/mol. The molecule has 0 aromatic heterocycles. The molecule has 1 rings (SSSR count). The van der Waals surface area contributed by atoms with E-state index in [9.17, 15) is 4.79 Å². The van der Waals surface area contributed by atoms with Crippen LogP contribution in [0.5, 0.6) is 0 Å². The molecule has 0 fully saturated rings. The molecule has 2 nitrogen and oxygen atoms in total. The zero-order chi connectivity index (χ0) is 9.68. The van der Waals surface area contributed by atoms with Gasteiger partial charge in [-0.1, -0.05) is 25.1 Å². The fraction of sp³-hybridized carbons (Fsp3) is 0.364. The van der Waals surface area contributed by atoms with Gasteiger partial charge in [0.15, 0.2) is 0 Å². The molecule has 0 aliphatic heterocycles. The van der Waals surface area contributed by atoms with E-state index in [1.807, 2.05) is 19.9 Å². The minimum Gasteiger partial charge on any atom is -0.459 e. The van der Waals surface area contributed by atoms with E-state index in [2.05, 4.69) is 6.07 Å². The summed E-state index contributed by atoms with van der Waals surface area (Å²) in [6, 6.07) is 9.84. The summed E-state index contributed by atoms with van der Waals surface area (Å²) in [6.07, 6.45) is 0.805. The molecule has 0 saturated heterocycles. The van der Waals surface area contributed by atoms with Crippen LogP contribution < -0.4 is 0 Å². The first-order valence-corrected chi connectivity index (χ1v) is 4.41. The number of carbonyl (C=O) groups excluding carboxylic acids is 1. The van der Waals surface area contributed by atoms with Crippen LogP contribution in [0.15, 0.2) is 24.3 Å². The van der Waals surface area contributed by atoms with Crippen LogP contribution in [0.1, 0.15) is 30.6 Å². The number of benzene rings is 1. The van der Waals surface area contributed by atoms with Crippen molar-refractivity contribution >= 4 is 5.97 Å². The van der Waals surface area contributed by atoms with E-state index in [0.717, 1.165) is 6.42 Å².